The highest BCUT2D eigenvalue weighted by Crippen LogP contribution is 2.12. The van der Waals surface area contributed by atoms with Gasteiger partial charge in [-0.25, -0.2) is 4.98 Å². The highest BCUT2D eigenvalue weighted by Gasteiger charge is 2.26. The predicted octanol–water partition coefficient (Wildman–Crippen LogP) is 1.34. The second kappa shape index (κ2) is 7.00. The lowest BCUT2D eigenvalue weighted by Gasteiger charge is -2.39. The maximum Gasteiger partial charge on any atom is 0.239 e. The Morgan fingerprint density at radius 3 is 2.76 bits per heavy atom. The van der Waals surface area contributed by atoms with Gasteiger partial charge in [0.1, 0.15) is 5.82 Å². The lowest BCUT2D eigenvalue weighted by molar-refractivity contribution is -0.133. The molecule has 7 heteroatoms. The fourth-order valence-corrected chi connectivity index (χ4v) is 2.71. The Kier molecular flexibility index (Phi) is 5.30. The van der Waals surface area contributed by atoms with Crippen LogP contribution in [0, 0.1) is 0 Å². The minimum atomic E-state index is -0.0895. The first kappa shape index (κ1) is 15.9. The Morgan fingerprint density at radius 1 is 1.43 bits per heavy atom. The first-order valence-electron chi connectivity index (χ1n) is 6.86. The van der Waals surface area contributed by atoms with Crippen molar-refractivity contribution in [3.63, 3.8) is 0 Å². The van der Waals surface area contributed by atoms with Gasteiger partial charge >= 0.3 is 0 Å². The van der Waals surface area contributed by atoms with Crippen LogP contribution in [0.3, 0.4) is 0 Å². The fraction of sp³-hybridized carbons (Fsp3) is 0.500. The number of nitrogens with one attached hydrogen (secondary N) is 1. The molecule has 1 N–H and O–H groups in total. The van der Waals surface area contributed by atoms with Gasteiger partial charge in [-0.15, -0.1) is 0 Å². The van der Waals surface area contributed by atoms with E-state index >= 15 is 0 Å². The summed E-state index contributed by atoms with van der Waals surface area (Å²) in [6.45, 7) is 5.99. The minimum absolute atomic E-state index is 0.0886. The topological polar surface area (TPSA) is 65.5 Å². The van der Waals surface area contributed by atoms with E-state index in [0.717, 1.165) is 4.47 Å². The van der Waals surface area contributed by atoms with E-state index in [2.05, 4.69) is 31.1 Å². The Bertz CT molecular complexity index is 520. The van der Waals surface area contributed by atoms with Gasteiger partial charge in [0.05, 0.1) is 6.54 Å². The molecule has 0 radical (unpaired) electrons. The number of pyridine rings is 1. The van der Waals surface area contributed by atoms with Crippen LogP contribution in [0.15, 0.2) is 22.8 Å². The lowest BCUT2D eigenvalue weighted by atomic mass is 10.2. The van der Waals surface area contributed by atoms with Crippen LogP contribution in [0.1, 0.15) is 13.8 Å². The third kappa shape index (κ3) is 4.50. The number of halogens is 1. The predicted molar refractivity (Wildman–Crippen MR) is 83.9 cm³/mol. The molecule has 0 saturated carbocycles. The monoisotopic (exact) mass is 354 g/mol. The van der Waals surface area contributed by atoms with Crippen molar-refractivity contribution in [1.29, 1.82) is 0 Å². The molecule has 2 heterocycles. The van der Waals surface area contributed by atoms with E-state index in [1.807, 2.05) is 17.9 Å². The summed E-state index contributed by atoms with van der Waals surface area (Å²) >= 11 is 3.30. The summed E-state index contributed by atoms with van der Waals surface area (Å²) in [6.07, 6.45) is 1.64. The molecule has 1 saturated heterocycles. The van der Waals surface area contributed by atoms with Gasteiger partial charge in [0.25, 0.3) is 0 Å². The van der Waals surface area contributed by atoms with Crippen LogP contribution in [0.4, 0.5) is 5.82 Å². The maximum absolute atomic E-state index is 12.0. The van der Waals surface area contributed by atoms with Crippen molar-refractivity contribution in [3.05, 3.63) is 22.8 Å². The molecule has 0 bridgehead atoms. The number of carbonyl (C=O) groups is 2. The Labute approximate surface area is 132 Å². The molecule has 1 atom stereocenters. The molecular weight excluding hydrogens is 336 g/mol. The van der Waals surface area contributed by atoms with Crippen LogP contribution in [-0.2, 0) is 9.59 Å². The van der Waals surface area contributed by atoms with Gasteiger partial charge in [-0.2, -0.15) is 0 Å². The van der Waals surface area contributed by atoms with Crippen molar-refractivity contribution in [1.82, 2.24) is 14.8 Å². The maximum atomic E-state index is 12.0. The molecule has 1 aliphatic rings. The molecule has 1 unspecified atom stereocenters. The number of hydrogen-bond acceptors (Lipinski definition) is 4. The number of amides is 2. The third-order valence-electron chi connectivity index (χ3n) is 3.48. The van der Waals surface area contributed by atoms with Crippen LogP contribution >= 0.6 is 15.9 Å². The van der Waals surface area contributed by atoms with E-state index in [4.69, 9.17) is 0 Å². The number of carbonyl (C=O) groups excluding carboxylic acids is 2. The Balaban J connectivity index is 1.83. The quantitative estimate of drug-likeness (QED) is 0.889. The summed E-state index contributed by atoms with van der Waals surface area (Å²) in [6, 6.07) is 3.71. The van der Waals surface area contributed by atoms with E-state index in [1.54, 1.807) is 19.2 Å². The minimum Gasteiger partial charge on any atom is -0.338 e. The second-order valence-corrected chi connectivity index (χ2v) is 6.12. The molecule has 1 fully saturated rings. The standard InChI is InChI=1S/C14H19BrN4O2/c1-10-8-18(5-6-19(10)11(2)20)9-14(21)17-13-4-3-12(15)7-16-13/h3-4,7,10H,5-6,8-9H2,1-2H3,(H,16,17,21). The number of anilines is 1. The Hall–Kier alpha value is -1.47. The summed E-state index contributed by atoms with van der Waals surface area (Å²) in [5.74, 6) is 0.539. The van der Waals surface area contributed by atoms with E-state index in [1.165, 1.54) is 0 Å². The van der Waals surface area contributed by atoms with Crippen molar-refractivity contribution in [3.8, 4) is 0 Å². The summed E-state index contributed by atoms with van der Waals surface area (Å²) < 4.78 is 0.870. The number of aromatic nitrogens is 1. The molecule has 1 aliphatic heterocycles. The zero-order chi connectivity index (χ0) is 15.4. The molecule has 114 valence electrons. The van der Waals surface area contributed by atoms with Crippen LogP contribution in [0.25, 0.3) is 0 Å². The molecule has 0 aromatic carbocycles. The highest BCUT2D eigenvalue weighted by atomic mass is 79.9. The van der Waals surface area contributed by atoms with Crippen molar-refractivity contribution >= 4 is 33.6 Å². The number of piperazine rings is 1. The molecule has 6 nitrogen and oxygen atoms in total. The zero-order valence-electron chi connectivity index (χ0n) is 12.2. The fourth-order valence-electron chi connectivity index (χ4n) is 2.48. The van der Waals surface area contributed by atoms with Gasteiger partial charge in [-0.3, -0.25) is 14.5 Å². The van der Waals surface area contributed by atoms with Gasteiger partial charge in [0.15, 0.2) is 0 Å². The van der Waals surface area contributed by atoms with Gasteiger partial charge in [0.2, 0.25) is 11.8 Å². The average Bonchev–Trinajstić information content (AvgIpc) is 2.41. The second-order valence-electron chi connectivity index (χ2n) is 5.21. The normalized spacial score (nSPS) is 19.4. The van der Waals surface area contributed by atoms with Crippen molar-refractivity contribution in [2.45, 2.75) is 19.9 Å². The first-order chi connectivity index (χ1) is 9.95. The van der Waals surface area contributed by atoms with E-state index < -0.39 is 0 Å². The van der Waals surface area contributed by atoms with Crippen LogP contribution in [0.5, 0.6) is 0 Å². The van der Waals surface area contributed by atoms with Crippen LogP contribution in [0.2, 0.25) is 0 Å². The third-order valence-corrected chi connectivity index (χ3v) is 3.95. The van der Waals surface area contributed by atoms with E-state index in [-0.39, 0.29) is 17.9 Å². The number of nitrogens with zero attached hydrogens (tertiary/aromatic N) is 3. The SMILES string of the molecule is CC(=O)N1CCN(CC(=O)Nc2ccc(Br)cn2)CC1C. The van der Waals surface area contributed by atoms with Gasteiger partial charge < -0.3 is 10.2 Å². The van der Waals surface area contributed by atoms with Gasteiger partial charge in [0, 0.05) is 43.3 Å². The zero-order valence-corrected chi connectivity index (χ0v) is 13.8. The molecule has 1 aromatic rings. The van der Waals surface area contributed by atoms with Crippen molar-refractivity contribution in [2.24, 2.45) is 0 Å². The van der Waals surface area contributed by atoms with Crippen LogP contribution in [-0.4, -0.2) is 58.8 Å². The molecule has 0 spiro atoms. The van der Waals surface area contributed by atoms with Crippen LogP contribution < -0.4 is 5.32 Å². The van der Waals surface area contributed by atoms with Crippen molar-refractivity contribution in [2.75, 3.05) is 31.5 Å². The van der Waals surface area contributed by atoms with Gasteiger partial charge in [-0.05, 0) is 35.0 Å². The number of hydrogen-bond donors (Lipinski definition) is 1. The Morgan fingerprint density at radius 2 is 2.19 bits per heavy atom. The molecule has 2 rings (SSSR count). The summed E-state index contributed by atoms with van der Waals surface area (Å²) in [7, 11) is 0. The van der Waals surface area contributed by atoms with Gasteiger partial charge in [-0.1, -0.05) is 0 Å². The highest BCUT2D eigenvalue weighted by molar-refractivity contribution is 9.10. The molecular formula is C14H19BrN4O2. The lowest BCUT2D eigenvalue weighted by Crippen LogP contribution is -2.54. The smallest absolute Gasteiger partial charge is 0.239 e. The molecule has 2 amide bonds. The van der Waals surface area contributed by atoms with E-state index in [9.17, 15) is 9.59 Å². The summed E-state index contributed by atoms with van der Waals surface area (Å²) in [4.78, 5) is 31.4. The largest absolute Gasteiger partial charge is 0.338 e. The summed E-state index contributed by atoms with van der Waals surface area (Å²) in [5.41, 5.74) is 0. The molecule has 0 aliphatic carbocycles. The first-order valence-corrected chi connectivity index (χ1v) is 7.66. The average molecular weight is 355 g/mol. The van der Waals surface area contributed by atoms with E-state index in [0.29, 0.717) is 32.0 Å². The summed E-state index contributed by atoms with van der Waals surface area (Å²) in [5, 5.41) is 2.77. The number of rotatable bonds is 3. The van der Waals surface area contributed by atoms with Crippen molar-refractivity contribution < 1.29 is 9.59 Å². The molecule has 21 heavy (non-hydrogen) atoms. The molecule has 1 aromatic heterocycles.